The van der Waals surface area contributed by atoms with Crippen molar-refractivity contribution in [1.82, 2.24) is 0 Å². The second-order valence-corrected chi connectivity index (χ2v) is 2.97. The van der Waals surface area contributed by atoms with Gasteiger partial charge in [-0.2, -0.15) is 7.05 Å². The van der Waals surface area contributed by atoms with Crippen LogP contribution in [0.4, 0.5) is 0 Å². The van der Waals surface area contributed by atoms with E-state index in [1.807, 2.05) is 0 Å². The van der Waals surface area contributed by atoms with Crippen LogP contribution in [-0.2, 0) is 4.74 Å². The summed E-state index contributed by atoms with van der Waals surface area (Å²) in [5, 5.41) is 0. The van der Waals surface area contributed by atoms with Gasteiger partial charge in [-0.25, -0.2) is 0 Å². The molecule has 0 radical (unpaired) electrons. The van der Waals surface area contributed by atoms with Gasteiger partial charge in [-0.05, 0) is 6.42 Å². The molecule has 0 aliphatic carbocycles. The second kappa shape index (κ2) is 3.94. The Morgan fingerprint density at radius 2 is 2.50 bits per heavy atom. The molecule has 60 valence electrons. The molecule has 1 unspecified atom stereocenters. The number of hydrogen-bond donors (Lipinski definition) is 1. The lowest BCUT2D eigenvalue weighted by Crippen LogP contribution is -3.18. The van der Waals surface area contributed by atoms with Gasteiger partial charge in [0.2, 0.25) is 0 Å². The number of likely N-dealkylation sites (tertiary alicyclic amines) is 1. The summed E-state index contributed by atoms with van der Waals surface area (Å²) in [6.45, 7) is 5.17. The summed E-state index contributed by atoms with van der Waals surface area (Å²) in [6.07, 6.45) is 2.42. The maximum atomic E-state index is 5.40. The van der Waals surface area contributed by atoms with Crippen molar-refractivity contribution in [2.24, 2.45) is 0 Å². The van der Waals surface area contributed by atoms with Gasteiger partial charge in [-0.1, -0.05) is 6.92 Å². The van der Waals surface area contributed by atoms with Crippen molar-refractivity contribution in [3.63, 3.8) is 0 Å². The lowest BCUT2D eigenvalue weighted by molar-refractivity contribution is -0.925. The lowest BCUT2D eigenvalue weighted by atomic mass is 10.1. The molecule has 0 amide bonds. The van der Waals surface area contributed by atoms with Crippen LogP contribution in [0.3, 0.4) is 0 Å². The van der Waals surface area contributed by atoms with Crippen LogP contribution in [0.2, 0.25) is 0 Å². The molecule has 0 aromatic rings. The highest BCUT2D eigenvalue weighted by atomic mass is 16.5. The largest absolute Gasteiger partial charge is 0.463 e. The van der Waals surface area contributed by atoms with E-state index in [1.54, 1.807) is 0 Å². The van der Waals surface area contributed by atoms with Crippen molar-refractivity contribution < 1.29 is 9.64 Å². The van der Waals surface area contributed by atoms with E-state index in [4.69, 9.17) is 4.74 Å². The lowest BCUT2D eigenvalue weighted by Gasteiger charge is -2.39. The molecule has 1 saturated heterocycles. The number of rotatable bonds is 4. The van der Waals surface area contributed by atoms with Crippen molar-refractivity contribution in [2.75, 3.05) is 19.8 Å². The van der Waals surface area contributed by atoms with Crippen LogP contribution in [0, 0.1) is 7.05 Å². The van der Waals surface area contributed by atoms with E-state index >= 15 is 0 Å². The highest BCUT2D eigenvalue weighted by Gasteiger charge is 2.24. The fourth-order valence-corrected chi connectivity index (χ4v) is 1.12. The van der Waals surface area contributed by atoms with Crippen molar-refractivity contribution in [1.29, 1.82) is 0 Å². The van der Waals surface area contributed by atoms with Crippen LogP contribution in [0.5, 0.6) is 0 Å². The van der Waals surface area contributed by atoms with Crippen molar-refractivity contribution in [3.8, 4) is 0 Å². The number of nitrogens with one attached hydrogen (secondary N) is 1. The van der Waals surface area contributed by atoms with Crippen LogP contribution in [0.25, 0.3) is 0 Å². The molecule has 1 fully saturated rings. The zero-order chi connectivity index (χ0) is 7.40. The Balaban J connectivity index is 1.92. The SMILES string of the molecule is [CH2-][NH+]1CC[C@@H]1COCCC. The molecule has 0 bridgehead atoms. The molecule has 10 heavy (non-hydrogen) atoms. The van der Waals surface area contributed by atoms with E-state index in [1.165, 1.54) is 17.9 Å². The summed E-state index contributed by atoms with van der Waals surface area (Å²) in [7, 11) is 3.94. The third-order valence-corrected chi connectivity index (χ3v) is 2.06. The van der Waals surface area contributed by atoms with Crippen molar-refractivity contribution in [3.05, 3.63) is 7.05 Å². The highest BCUT2D eigenvalue weighted by molar-refractivity contribution is 4.61. The molecule has 0 aromatic heterocycles. The van der Waals surface area contributed by atoms with Gasteiger partial charge in [0, 0.05) is 13.0 Å². The molecule has 1 aliphatic rings. The molecular weight excluding hydrogens is 126 g/mol. The summed E-state index contributed by atoms with van der Waals surface area (Å²) in [6, 6.07) is 0.687. The molecular formula is C8H17NO. The Morgan fingerprint density at radius 3 is 2.90 bits per heavy atom. The van der Waals surface area contributed by atoms with Gasteiger partial charge in [0.1, 0.15) is 0 Å². The van der Waals surface area contributed by atoms with Crippen molar-refractivity contribution in [2.45, 2.75) is 25.8 Å². The van der Waals surface area contributed by atoms with E-state index in [0.29, 0.717) is 6.04 Å². The zero-order valence-electron chi connectivity index (χ0n) is 6.73. The maximum absolute atomic E-state index is 5.40. The van der Waals surface area contributed by atoms with Gasteiger partial charge < -0.3 is 9.64 Å². The third kappa shape index (κ3) is 1.96. The summed E-state index contributed by atoms with van der Waals surface area (Å²) in [5.41, 5.74) is 0. The molecule has 2 nitrogen and oxygen atoms in total. The smallest absolute Gasteiger partial charge is 0.0965 e. The Morgan fingerprint density at radius 1 is 1.70 bits per heavy atom. The summed E-state index contributed by atoms with van der Waals surface area (Å²) in [5.74, 6) is 0. The van der Waals surface area contributed by atoms with E-state index in [0.717, 1.165) is 19.6 Å². The van der Waals surface area contributed by atoms with Gasteiger partial charge >= 0.3 is 0 Å². The van der Waals surface area contributed by atoms with Gasteiger partial charge in [0.15, 0.2) is 0 Å². The summed E-state index contributed by atoms with van der Waals surface area (Å²) in [4.78, 5) is 1.39. The molecule has 2 atom stereocenters. The van der Waals surface area contributed by atoms with Crippen LogP contribution >= 0.6 is 0 Å². The van der Waals surface area contributed by atoms with Crippen LogP contribution in [0.1, 0.15) is 19.8 Å². The first-order valence-corrected chi connectivity index (χ1v) is 4.10. The molecule has 1 aliphatic heterocycles. The second-order valence-electron chi connectivity index (χ2n) is 2.97. The fraction of sp³-hybridized carbons (Fsp3) is 0.875. The van der Waals surface area contributed by atoms with E-state index in [-0.39, 0.29) is 0 Å². The average Bonchev–Trinajstić information content (AvgIpc) is 1.95. The zero-order valence-corrected chi connectivity index (χ0v) is 6.73. The monoisotopic (exact) mass is 143 g/mol. The minimum atomic E-state index is 0.687. The number of quaternary nitrogens is 1. The van der Waals surface area contributed by atoms with Crippen LogP contribution < -0.4 is 4.90 Å². The average molecular weight is 143 g/mol. The van der Waals surface area contributed by atoms with Gasteiger partial charge in [-0.3, -0.25) is 0 Å². The first kappa shape index (κ1) is 8.02. The van der Waals surface area contributed by atoms with E-state index in [9.17, 15) is 0 Å². The molecule has 1 rings (SSSR count). The normalized spacial score (nSPS) is 31.8. The quantitative estimate of drug-likeness (QED) is 0.427. The van der Waals surface area contributed by atoms with Crippen LogP contribution in [0.15, 0.2) is 0 Å². The Labute approximate surface area is 63.2 Å². The first-order chi connectivity index (χ1) is 4.84. The maximum Gasteiger partial charge on any atom is 0.0965 e. The molecule has 0 saturated carbocycles. The molecule has 0 aromatic carbocycles. The fourth-order valence-electron chi connectivity index (χ4n) is 1.12. The van der Waals surface area contributed by atoms with E-state index < -0.39 is 0 Å². The van der Waals surface area contributed by atoms with Crippen LogP contribution in [-0.4, -0.2) is 25.8 Å². The Hall–Kier alpha value is -0.0800. The highest BCUT2D eigenvalue weighted by Crippen LogP contribution is 1.95. The first-order valence-electron chi connectivity index (χ1n) is 4.10. The summed E-state index contributed by atoms with van der Waals surface area (Å²) >= 11 is 0. The van der Waals surface area contributed by atoms with E-state index in [2.05, 4.69) is 14.0 Å². The predicted molar refractivity (Wildman–Crippen MR) is 40.7 cm³/mol. The Kier molecular flexibility index (Phi) is 3.16. The van der Waals surface area contributed by atoms with Crippen molar-refractivity contribution >= 4 is 0 Å². The minimum Gasteiger partial charge on any atom is -0.463 e. The summed E-state index contributed by atoms with van der Waals surface area (Å²) < 4.78 is 5.40. The van der Waals surface area contributed by atoms with Gasteiger partial charge in [-0.15, -0.1) is 0 Å². The molecule has 1 N–H and O–H groups in total. The standard InChI is InChI=1S/C8H17NO/c1-3-6-10-7-8-4-5-9(8)2/h8-9H,2-7H2,1H3/t8-/m1/s1. The third-order valence-electron chi connectivity index (χ3n) is 2.06. The molecule has 0 spiro atoms. The molecule has 1 heterocycles. The topological polar surface area (TPSA) is 13.7 Å². The Bertz CT molecular complexity index is 95.3. The minimum absolute atomic E-state index is 0.687. The molecule has 2 heteroatoms. The number of ether oxygens (including phenoxy) is 1. The predicted octanol–water partition coefficient (Wildman–Crippen LogP) is -0.138. The number of hydrogen-bond acceptors (Lipinski definition) is 1. The van der Waals surface area contributed by atoms with Gasteiger partial charge in [0.05, 0.1) is 19.2 Å². The van der Waals surface area contributed by atoms with Gasteiger partial charge in [0.25, 0.3) is 0 Å².